The molecule has 3 rings (SSSR count). The second-order valence-corrected chi connectivity index (χ2v) is 7.52. The van der Waals surface area contributed by atoms with Crippen molar-refractivity contribution in [2.75, 3.05) is 31.1 Å². The minimum atomic E-state index is -0.518. The van der Waals surface area contributed by atoms with E-state index in [1.54, 1.807) is 34.1 Å². The van der Waals surface area contributed by atoms with Crippen molar-refractivity contribution < 1.29 is 19.1 Å². The van der Waals surface area contributed by atoms with Crippen molar-refractivity contribution in [2.24, 2.45) is 11.8 Å². The third-order valence-corrected chi connectivity index (χ3v) is 5.04. The Morgan fingerprint density at radius 3 is 2.35 bits per heavy atom. The number of carbonyl (C=O) groups excluding carboxylic acids is 3. The van der Waals surface area contributed by atoms with Gasteiger partial charge < -0.3 is 14.5 Å². The van der Waals surface area contributed by atoms with E-state index >= 15 is 0 Å². The van der Waals surface area contributed by atoms with Crippen LogP contribution in [-0.2, 0) is 14.3 Å². The highest BCUT2D eigenvalue weighted by Crippen LogP contribution is 2.22. The molecule has 0 radical (unpaired) electrons. The van der Waals surface area contributed by atoms with Crippen LogP contribution in [0, 0.1) is 11.8 Å². The van der Waals surface area contributed by atoms with Gasteiger partial charge in [0.05, 0.1) is 5.56 Å². The zero-order valence-electron chi connectivity index (χ0n) is 15.4. The van der Waals surface area contributed by atoms with Gasteiger partial charge in [-0.3, -0.25) is 9.59 Å². The Morgan fingerprint density at radius 2 is 1.77 bits per heavy atom. The molecule has 26 heavy (non-hydrogen) atoms. The van der Waals surface area contributed by atoms with Gasteiger partial charge >= 0.3 is 5.97 Å². The van der Waals surface area contributed by atoms with E-state index in [4.69, 9.17) is 4.74 Å². The average molecular weight is 358 g/mol. The Kier molecular flexibility index (Phi) is 5.59. The van der Waals surface area contributed by atoms with Gasteiger partial charge in [-0.2, -0.15) is 0 Å². The molecule has 140 valence electrons. The van der Waals surface area contributed by atoms with Crippen LogP contribution in [0.1, 0.15) is 43.5 Å². The molecule has 2 aliphatic heterocycles. The molecule has 0 aliphatic carbocycles. The minimum absolute atomic E-state index is 0.107. The molecular formula is C20H26N2O4. The van der Waals surface area contributed by atoms with Gasteiger partial charge in [0.2, 0.25) is 5.91 Å². The number of piperidine rings is 1. The number of rotatable bonds is 4. The largest absolute Gasteiger partial charge is 0.452 e. The summed E-state index contributed by atoms with van der Waals surface area (Å²) in [6.07, 6.45) is 2.55. The molecule has 0 N–H and O–H groups in total. The molecule has 0 bridgehead atoms. The van der Waals surface area contributed by atoms with Gasteiger partial charge in [-0.1, -0.05) is 13.8 Å². The Bertz CT molecular complexity index is 676. The molecule has 0 unspecified atom stereocenters. The lowest BCUT2D eigenvalue weighted by Gasteiger charge is -2.34. The highest BCUT2D eigenvalue weighted by molar-refractivity contribution is 5.96. The summed E-state index contributed by atoms with van der Waals surface area (Å²) in [5.74, 6) is 0.390. The van der Waals surface area contributed by atoms with Gasteiger partial charge in [0.1, 0.15) is 0 Å². The van der Waals surface area contributed by atoms with Crippen LogP contribution in [0.25, 0.3) is 0 Å². The van der Waals surface area contributed by atoms with Crippen LogP contribution >= 0.6 is 0 Å². The molecule has 0 spiro atoms. The lowest BCUT2D eigenvalue weighted by molar-refractivity contribution is -0.137. The smallest absolute Gasteiger partial charge is 0.338 e. The van der Waals surface area contributed by atoms with Crippen LogP contribution in [0.3, 0.4) is 0 Å². The second kappa shape index (κ2) is 7.89. The van der Waals surface area contributed by atoms with Crippen molar-refractivity contribution in [3.05, 3.63) is 29.8 Å². The lowest BCUT2D eigenvalue weighted by Crippen LogP contribution is -2.44. The first-order valence-electron chi connectivity index (χ1n) is 9.29. The maximum absolute atomic E-state index is 12.3. The molecule has 2 fully saturated rings. The van der Waals surface area contributed by atoms with Crippen molar-refractivity contribution in [1.29, 1.82) is 0 Å². The molecule has 2 aliphatic rings. The summed E-state index contributed by atoms with van der Waals surface area (Å²) < 4.78 is 5.19. The third kappa shape index (κ3) is 4.23. The van der Waals surface area contributed by atoms with Crippen molar-refractivity contribution in [3.8, 4) is 0 Å². The molecule has 1 aromatic rings. The molecule has 0 aromatic heterocycles. The zero-order valence-corrected chi connectivity index (χ0v) is 15.4. The normalized spacial score (nSPS) is 23.2. The maximum atomic E-state index is 12.3. The van der Waals surface area contributed by atoms with Crippen LogP contribution in [0.5, 0.6) is 0 Å². The molecule has 1 aromatic carbocycles. The minimum Gasteiger partial charge on any atom is -0.452 e. The topological polar surface area (TPSA) is 66.9 Å². The van der Waals surface area contributed by atoms with Gasteiger partial charge in [-0.05, 0) is 48.9 Å². The first-order chi connectivity index (χ1) is 12.4. The molecule has 6 heteroatoms. The molecule has 6 nitrogen and oxygen atoms in total. The highest BCUT2D eigenvalue weighted by Gasteiger charge is 2.26. The number of carbonyl (C=O) groups is 3. The molecule has 2 heterocycles. The summed E-state index contributed by atoms with van der Waals surface area (Å²) >= 11 is 0. The van der Waals surface area contributed by atoms with Gasteiger partial charge in [0.15, 0.2) is 6.61 Å². The maximum Gasteiger partial charge on any atom is 0.338 e. The molecular weight excluding hydrogens is 332 g/mol. The fraction of sp³-hybridized carbons (Fsp3) is 0.550. The number of hydrogen-bond acceptors (Lipinski definition) is 4. The predicted octanol–water partition coefficient (Wildman–Crippen LogP) is 2.47. The monoisotopic (exact) mass is 358 g/mol. The number of likely N-dealkylation sites (tertiary alicyclic amines) is 1. The van der Waals surface area contributed by atoms with Crippen LogP contribution < -0.4 is 4.90 Å². The van der Waals surface area contributed by atoms with Gasteiger partial charge in [-0.25, -0.2) is 4.79 Å². The first-order valence-corrected chi connectivity index (χ1v) is 9.29. The molecule has 2 atom stereocenters. The van der Waals surface area contributed by atoms with Gasteiger partial charge in [-0.15, -0.1) is 0 Å². The number of anilines is 1. The second-order valence-electron chi connectivity index (χ2n) is 7.52. The third-order valence-electron chi connectivity index (χ3n) is 5.04. The number of esters is 1. The van der Waals surface area contributed by atoms with Gasteiger partial charge in [0.25, 0.3) is 5.91 Å². The van der Waals surface area contributed by atoms with Crippen molar-refractivity contribution in [1.82, 2.24) is 4.90 Å². The molecule has 0 saturated carbocycles. The number of ether oxygens (including phenoxy) is 1. The first kappa shape index (κ1) is 18.4. The lowest BCUT2D eigenvalue weighted by atomic mass is 9.92. The van der Waals surface area contributed by atoms with Crippen molar-refractivity contribution in [3.63, 3.8) is 0 Å². The average Bonchev–Trinajstić information content (AvgIpc) is 3.04. The number of benzene rings is 1. The van der Waals surface area contributed by atoms with Crippen molar-refractivity contribution in [2.45, 2.75) is 33.1 Å². The summed E-state index contributed by atoms with van der Waals surface area (Å²) in [5.41, 5.74) is 1.17. The standard InChI is InChI=1S/C20H26N2O4/c1-14-10-15(2)12-21(11-14)19(24)13-26-20(25)16-5-7-17(8-6-16)22-9-3-4-18(22)23/h5-8,14-15H,3-4,9-13H2,1-2H3/t14-,15-/m1/s1. The predicted molar refractivity (Wildman–Crippen MR) is 97.8 cm³/mol. The highest BCUT2D eigenvalue weighted by atomic mass is 16.5. The fourth-order valence-corrected chi connectivity index (χ4v) is 3.87. The summed E-state index contributed by atoms with van der Waals surface area (Å²) in [6.45, 7) is 6.19. The Labute approximate surface area is 154 Å². The van der Waals surface area contributed by atoms with Crippen LogP contribution in [-0.4, -0.2) is 48.9 Å². The molecule has 2 saturated heterocycles. The Morgan fingerprint density at radius 1 is 1.12 bits per heavy atom. The van der Waals surface area contributed by atoms with E-state index in [0.717, 1.165) is 31.6 Å². The van der Waals surface area contributed by atoms with Crippen molar-refractivity contribution >= 4 is 23.5 Å². The summed E-state index contributed by atoms with van der Waals surface area (Å²) in [5, 5.41) is 0. The van der Waals surface area contributed by atoms with Crippen LogP contribution in [0.4, 0.5) is 5.69 Å². The number of amides is 2. The van der Waals surface area contributed by atoms with Crippen LogP contribution in [0.15, 0.2) is 24.3 Å². The van der Waals surface area contributed by atoms with E-state index in [9.17, 15) is 14.4 Å². The van der Waals surface area contributed by atoms with Crippen LogP contribution in [0.2, 0.25) is 0 Å². The zero-order chi connectivity index (χ0) is 18.7. The van der Waals surface area contributed by atoms with E-state index < -0.39 is 5.97 Å². The SMILES string of the molecule is C[C@@H]1C[C@@H](C)CN(C(=O)COC(=O)c2ccc(N3CCCC3=O)cc2)C1. The Balaban J connectivity index is 1.53. The summed E-state index contributed by atoms with van der Waals surface area (Å²) in [4.78, 5) is 39.7. The quantitative estimate of drug-likeness (QED) is 0.776. The molecule has 2 amide bonds. The fourth-order valence-electron chi connectivity index (χ4n) is 3.87. The Hall–Kier alpha value is -2.37. The number of hydrogen-bond donors (Lipinski definition) is 0. The number of nitrogens with zero attached hydrogens (tertiary/aromatic N) is 2. The summed E-state index contributed by atoms with van der Waals surface area (Å²) in [7, 11) is 0. The van der Waals surface area contributed by atoms with Gasteiger partial charge in [0, 0.05) is 31.7 Å². The van der Waals surface area contributed by atoms with E-state index in [2.05, 4.69) is 13.8 Å². The van der Waals surface area contributed by atoms with E-state index in [0.29, 0.717) is 30.4 Å². The van der Waals surface area contributed by atoms with E-state index in [-0.39, 0.29) is 18.4 Å². The van der Waals surface area contributed by atoms with E-state index in [1.807, 2.05) is 0 Å². The van der Waals surface area contributed by atoms with E-state index in [1.165, 1.54) is 0 Å². The summed E-state index contributed by atoms with van der Waals surface area (Å²) in [6, 6.07) is 6.77.